The summed E-state index contributed by atoms with van der Waals surface area (Å²) < 4.78 is 25.8. The van der Waals surface area contributed by atoms with E-state index in [-0.39, 0.29) is 25.7 Å². The van der Waals surface area contributed by atoms with Crippen LogP contribution in [0.15, 0.2) is 72.9 Å². The van der Waals surface area contributed by atoms with Gasteiger partial charge in [0.2, 0.25) is 0 Å². The van der Waals surface area contributed by atoms with Crippen molar-refractivity contribution in [3.05, 3.63) is 72.9 Å². The Balaban J connectivity index is 3.33. The number of phosphoric ester groups is 1. The lowest BCUT2D eigenvalue weighted by Crippen LogP contribution is -2.23. The molecular weight excluding hydrogens is 746 g/mol. The molecule has 0 aliphatic rings. The number of carbonyl (C=O) groups is 1. The maximum Gasteiger partial charge on any atom is 0.472 e. The van der Waals surface area contributed by atoms with Crippen LogP contribution in [0.4, 0.5) is 0 Å². The zero-order valence-corrected chi connectivity index (χ0v) is 37.9. The van der Waals surface area contributed by atoms with Crippen molar-refractivity contribution in [2.45, 2.75) is 206 Å². The van der Waals surface area contributed by atoms with E-state index in [0.29, 0.717) is 6.42 Å². The zero-order valence-electron chi connectivity index (χ0n) is 37.0. The van der Waals surface area contributed by atoms with Gasteiger partial charge in [0, 0.05) is 13.0 Å². The molecule has 0 radical (unpaired) electrons. The molecule has 0 aliphatic heterocycles. The number of carbonyl (C=O) groups excluding carboxylic acids is 1. The average Bonchev–Trinajstić information content (AvgIpc) is 3.22. The normalized spacial score (nSPS) is 14.1. The molecule has 8 nitrogen and oxygen atoms in total. The third kappa shape index (κ3) is 46.6. The molecule has 58 heavy (non-hydrogen) atoms. The van der Waals surface area contributed by atoms with Gasteiger partial charge in [0.25, 0.3) is 0 Å². The summed E-state index contributed by atoms with van der Waals surface area (Å²) in [5, 5.41) is 9.78. The van der Waals surface area contributed by atoms with Crippen molar-refractivity contribution < 1.29 is 33.1 Å². The molecule has 2 atom stereocenters. The first-order chi connectivity index (χ1) is 28.4. The summed E-state index contributed by atoms with van der Waals surface area (Å²) >= 11 is 0. The summed E-state index contributed by atoms with van der Waals surface area (Å²) in [5.41, 5.74) is 5.21. The molecule has 0 spiro atoms. The first-order valence-corrected chi connectivity index (χ1v) is 25.0. The van der Waals surface area contributed by atoms with Gasteiger partial charge < -0.3 is 20.5 Å². The predicted molar refractivity (Wildman–Crippen MR) is 247 cm³/mol. The monoisotopic (exact) mass is 834 g/mol. The molecule has 0 aromatic heterocycles. The third-order valence-corrected chi connectivity index (χ3v) is 10.8. The number of nitrogens with two attached hydrogens (primary N) is 1. The summed E-state index contributed by atoms with van der Waals surface area (Å²) in [6.07, 6.45) is 62.6. The van der Waals surface area contributed by atoms with Crippen molar-refractivity contribution in [1.82, 2.24) is 0 Å². The Bertz CT molecular complexity index is 1120. The van der Waals surface area contributed by atoms with Crippen LogP contribution >= 0.6 is 7.82 Å². The second kappa shape index (κ2) is 46.0. The number of allylic oxidation sites excluding steroid dienone is 12. The Morgan fingerprint density at radius 1 is 0.517 bits per heavy atom. The average molecular weight is 834 g/mol. The lowest BCUT2D eigenvalue weighted by Gasteiger charge is -2.15. The van der Waals surface area contributed by atoms with E-state index in [1.54, 1.807) is 0 Å². The van der Waals surface area contributed by atoms with Crippen LogP contribution in [0.25, 0.3) is 0 Å². The summed E-state index contributed by atoms with van der Waals surface area (Å²) in [7, 11) is -4.25. The molecule has 2 unspecified atom stereocenters. The third-order valence-electron chi connectivity index (χ3n) is 9.84. The maximum absolute atomic E-state index is 11.9. The van der Waals surface area contributed by atoms with E-state index >= 15 is 0 Å². The molecule has 0 saturated carbocycles. The molecule has 9 heteroatoms. The fourth-order valence-electron chi connectivity index (χ4n) is 6.40. The molecule has 0 aromatic carbocycles. The number of phosphoric acid groups is 1. The van der Waals surface area contributed by atoms with Crippen molar-refractivity contribution in [2.24, 2.45) is 5.73 Å². The van der Waals surface area contributed by atoms with Crippen molar-refractivity contribution in [2.75, 3.05) is 26.4 Å². The van der Waals surface area contributed by atoms with Crippen LogP contribution in [0.1, 0.15) is 200 Å². The maximum atomic E-state index is 11.9. The molecule has 0 fully saturated rings. The second-order valence-electron chi connectivity index (χ2n) is 15.5. The van der Waals surface area contributed by atoms with Crippen molar-refractivity contribution in [3.8, 4) is 0 Å². The SMILES string of the molecule is CC/C=C\C/C=C\C/C=C\C/C=C\C/C=C\C/C=C\CCCCCCCCCCCCCCCCCCCCCCCCC(=O)OCC(O)COP(=O)(O)OCCN. The topological polar surface area (TPSA) is 128 Å². The van der Waals surface area contributed by atoms with E-state index in [0.717, 1.165) is 57.8 Å². The van der Waals surface area contributed by atoms with Crippen LogP contribution in [0.3, 0.4) is 0 Å². The van der Waals surface area contributed by atoms with Gasteiger partial charge in [0.15, 0.2) is 0 Å². The van der Waals surface area contributed by atoms with Crippen molar-refractivity contribution in [3.63, 3.8) is 0 Å². The highest BCUT2D eigenvalue weighted by Gasteiger charge is 2.22. The van der Waals surface area contributed by atoms with Crippen LogP contribution in [0, 0.1) is 0 Å². The van der Waals surface area contributed by atoms with E-state index in [9.17, 15) is 19.4 Å². The van der Waals surface area contributed by atoms with Crippen molar-refractivity contribution >= 4 is 13.8 Å². The van der Waals surface area contributed by atoms with E-state index in [1.165, 1.54) is 128 Å². The van der Waals surface area contributed by atoms with Crippen LogP contribution in [-0.2, 0) is 23.1 Å². The molecule has 0 bridgehead atoms. The summed E-state index contributed by atoms with van der Waals surface area (Å²) in [5.74, 6) is -0.383. The molecule has 0 amide bonds. The first-order valence-electron chi connectivity index (χ1n) is 23.5. The highest BCUT2D eigenvalue weighted by molar-refractivity contribution is 7.47. The number of esters is 1. The standard InChI is InChI=1S/C49H88NO7P/c1-2-3-4-5-6-7-8-9-10-11-12-13-14-15-16-17-18-19-20-21-22-23-24-25-26-27-28-29-30-31-32-33-34-35-36-37-38-39-40-41-42-43-49(52)55-46-48(51)47-57-58(53,54)56-45-44-50/h3-4,6-7,9-10,12-13,15-16,18-19,48,51H,2,5,8,11,14,17,20-47,50H2,1H3,(H,53,54)/b4-3-,7-6-,10-9-,13-12-,16-15-,19-18-. The van der Waals surface area contributed by atoms with E-state index in [2.05, 4.69) is 88.9 Å². The molecule has 0 aliphatic carbocycles. The summed E-state index contributed by atoms with van der Waals surface area (Å²) in [4.78, 5) is 21.3. The Morgan fingerprint density at radius 3 is 1.24 bits per heavy atom. The Kier molecular flexibility index (Phi) is 44.4. The Hall–Kier alpha value is -2.06. The summed E-state index contributed by atoms with van der Waals surface area (Å²) in [6, 6.07) is 0. The van der Waals surface area contributed by atoms with Gasteiger partial charge in [-0.1, -0.05) is 208 Å². The van der Waals surface area contributed by atoms with Gasteiger partial charge >= 0.3 is 13.8 Å². The fourth-order valence-corrected chi connectivity index (χ4v) is 7.17. The largest absolute Gasteiger partial charge is 0.472 e. The Labute approximate surface area is 356 Å². The lowest BCUT2D eigenvalue weighted by atomic mass is 10.0. The molecule has 4 N–H and O–H groups in total. The minimum absolute atomic E-state index is 0.0739. The number of unbranched alkanes of at least 4 members (excludes halogenated alkanes) is 22. The van der Waals surface area contributed by atoms with Gasteiger partial charge in [-0.15, -0.1) is 0 Å². The smallest absolute Gasteiger partial charge is 0.463 e. The summed E-state index contributed by atoms with van der Waals surface area (Å²) in [6.45, 7) is 1.35. The number of rotatable bonds is 44. The number of hydrogen-bond donors (Lipinski definition) is 3. The fraction of sp³-hybridized carbons (Fsp3) is 0.735. The first kappa shape index (κ1) is 55.9. The minimum Gasteiger partial charge on any atom is -0.463 e. The second-order valence-corrected chi connectivity index (χ2v) is 16.9. The zero-order chi connectivity index (χ0) is 42.3. The van der Waals surface area contributed by atoms with Crippen LogP contribution in [0.5, 0.6) is 0 Å². The van der Waals surface area contributed by atoms with E-state index < -0.39 is 20.5 Å². The molecule has 0 rings (SSSR count). The quantitative estimate of drug-likeness (QED) is 0.0240. The van der Waals surface area contributed by atoms with Crippen LogP contribution in [0.2, 0.25) is 0 Å². The van der Waals surface area contributed by atoms with Gasteiger partial charge in [-0.05, 0) is 57.8 Å². The number of aliphatic hydroxyl groups is 1. The molecule has 0 aromatic rings. The number of ether oxygens (including phenoxy) is 1. The lowest BCUT2D eigenvalue weighted by molar-refractivity contribution is -0.147. The van der Waals surface area contributed by atoms with Gasteiger partial charge in [-0.25, -0.2) is 4.57 Å². The Morgan fingerprint density at radius 2 is 0.862 bits per heavy atom. The highest BCUT2D eigenvalue weighted by Crippen LogP contribution is 2.42. The van der Waals surface area contributed by atoms with Crippen LogP contribution < -0.4 is 5.73 Å². The van der Waals surface area contributed by atoms with Gasteiger partial charge in [0.1, 0.15) is 12.7 Å². The van der Waals surface area contributed by atoms with Crippen LogP contribution in [-0.4, -0.2) is 48.4 Å². The van der Waals surface area contributed by atoms with E-state index in [4.69, 9.17) is 10.5 Å². The minimum atomic E-state index is -4.25. The highest BCUT2D eigenvalue weighted by atomic mass is 31.2. The van der Waals surface area contributed by atoms with Crippen molar-refractivity contribution in [1.29, 1.82) is 0 Å². The van der Waals surface area contributed by atoms with E-state index in [1.807, 2.05) is 0 Å². The number of aliphatic hydroxyl groups excluding tert-OH is 1. The van der Waals surface area contributed by atoms with Gasteiger partial charge in [-0.3, -0.25) is 13.8 Å². The number of hydrogen-bond acceptors (Lipinski definition) is 7. The molecule has 0 saturated heterocycles. The van der Waals surface area contributed by atoms with Gasteiger partial charge in [0.05, 0.1) is 13.2 Å². The molecule has 0 heterocycles. The molecule has 336 valence electrons. The van der Waals surface area contributed by atoms with Gasteiger partial charge in [-0.2, -0.15) is 0 Å². The predicted octanol–water partition coefficient (Wildman–Crippen LogP) is 14.0. The molecular formula is C49H88NO7P.